The Kier molecular flexibility index (Phi) is 6.03. The van der Waals surface area contributed by atoms with Gasteiger partial charge in [0.05, 0.1) is 5.60 Å². The number of carbonyl (C=O) groups is 1. The van der Waals surface area contributed by atoms with E-state index < -0.39 is 5.60 Å². The first-order valence-electron chi connectivity index (χ1n) is 10.9. The summed E-state index contributed by atoms with van der Waals surface area (Å²) in [5.41, 5.74) is -0.183. The highest BCUT2D eigenvalue weighted by atomic mass is 16.3. The second-order valence-electron chi connectivity index (χ2n) is 10.3. The van der Waals surface area contributed by atoms with E-state index in [1.165, 1.54) is 12.8 Å². The van der Waals surface area contributed by atoms with E-state index in [0.29, 0.717) is 17.5 Å². The van der Waals surface area contributed by atoms with Gasteiger partial charge in [0.25, 0.3) is 0 Å². The molecule has 1 saturated carbocycles. The molecule has 1 amide bonds. The molecule has 0 spiro atoms. The van der Waals surface area contributed by atoms with Gasteiger partial charge in [0, 0.05) is 32.1 Å². The van der Waals surface area contributed by atoms with E-state index in [-0.39, 0.29) is 5.91 Å². The van der Waals surface area contributed by atoms with Crippen LogP contribution in [0.4, 0.5) is 0 Å². The Labute approximate surface area is 160 Å². The molecule has 3 fully saturated rings. The maximum Gasteiger partial charge on any atom is 0.219 e. The summed E-state index contributed by atoms with van der Waals surface area (Å²) >= 11 is 0. The van der Waals surface area contributed by atoms with E-state index in [0.717, 1.165) is 70.5 Å². The molecule has 3 rings (SSSR count). The van der Waals surface area contributed by atoms with Crippen molar-refractivity contribution in [2.24, 2.45) is 11.3 Å². The van der Waals surface area contributed by atoms with Gasteiger partial charge >= 0.3 is 0 Å². The van der Waals surface area contributed by atoms with Gasteiger partial charge in [0.1, 0.15) is 0 Å². The van der Waals surface area contributed by atoms with Crippen LogP contribution < -0.4 is 0 Å². The molecule has 2 saturated heterocycles. The fourth-order valence-corrected chi connectivity index (χ4v) is 5.79. The predicted molar refractivity (Wildman–Crippen MR) is 106 cm³/mol. The Morgan fingerprint density at radius 2 is 1.65 bits per heavy atom. The van der Waals surface area contributed by atoms with Crippen molar-refractivity contribution < 1.29 is 9.90 Å². The largest absolute Gasteiger partial charge is 0.389 e. The number of piperidine rings is 1. The molecular weight excluding hydrogens is 324 g/mol. The highest BCUT2D eigenvalue weighted by molar-refractivity contribution is 5.73. The summed E-state index contributed by atoms with van der Waals surface area (Å²) in [7, 11) is 0. The minimum Gasteiger partial charge on any atom is -0.389 e. The van der Waals surface area contributed by atoms with Gasteiger partial charge in [-0.3, -0.25) is 9.69 Å². The molecule has 1 N–H and O–H groups in total. The SMILES string of the molecule is CC(=O)N1CCCC[C@@H]2[C@H]1CCCN2CC1(O)CCC(C(C)(C)C)CC1. The number of carbonyl (C=O) groups excluding carboxylic acids is 1. The summed E-state index contributed by atoms with van der Waals surface area (Å²) in [6.07, 6.45) is 9.91. The van der Waals surface area contributed by atoms with Gasteiger partial charge in [-0.1, -0.05) is 27.2 Å². The molecule has 0 unspecified atom stereocenters. The number of aliphatic hydroxyl groups is 1. The molecule has 2 aliphatic heterocycles. The molecule has 0 aromatic carbocycles. The molecule has 4 heteroatoms. The third-order valence-corrected chi connectivity index (χ3v) is 7.45. The van der Waals surface area contributed by atoms with Crippen LogP contribution in [-0.4, -0.2) is 58.1 Å². The highest BCUT2D eigenvalue weighted by Gasteiger charge is 2.43. The van der Waals surface area contributed by atoms with Crippen LogP contribution in [0.15, 0.2) is 0 Å². The Morgan fingerprint density at radius 3 is 2.27 bits per heavy atom. The van der Waals surface area contributed by atoms with E-state index >= 15 is 0 Å². The topological polar surface area (TPSA) is 43.8 Å². The van der Waals surface area contributed by atoms with Gasteiger partial charge in [0.2, 0.25) is 5.91 Å². The first kappa shape index (κ1) is 20.1. The standard InChI is InChI=1S/C22H40N2O2/c1-17(25)24-15-6-5-8-19-20(24)9-7-14-23(19)16-22(26)12-10-18(11-13-22)21(2,3)4/h18-20,26H,5-16H2,1-4H3/t18?,19-,20-,22?/m1/s1. The average molecular weight is 365 g/mol. The van der Waals surface area contributed by atoms with Crippen LogP contribution in [0.1, 0.15) is 85.5 Å². The lowest BCUT2D eigenvalue weighted by molar-refractivity contribution is -0.134. The van der Waals surface area contributed by atoms with E-state index in [1.807, 2.05) is 0 Å². The lowest BCUT2D eigenvalue weighted by atomic mass is 9.68. The first-order valence-corrected chi connectivity index (χ1v) is 10.9. The number of hydrogen-bond acceptors (Lipinski definition) is 3. The lowest BCUT2D eigenvalue weighted by Gasteiger charge is -2.49. The van der Waals surface area contributed by atoms with Crippen molar-refractivity contribution in [3.8, 4) is 0 Å². The van der Waals surface area contributed by atoms with E-state index in [2.05, 4.69) is 30.6 Å². The van der Waals surface area contributed by atoms with Crippen LogP contribution in [0.3, 0.4) is 0 Å². The Bertz CT molecular complexity index is 491. The van der Waals surface area contributed by atoms with Gasteiger partial charge in [-0.2, -0.15) is 0 Å². The zero-order valence-electron chi connectivity index (χ0n) is 17.5. The van der Waals surface area contributed by atoms with Crippen molar-refractivity contribution in [3.05, 3.63) is 0 Å². The maximum atomic E-state index is 12.2. The lowest BCUT2D eigenvalue weighted by Crippen LogP contribution is -2.59. The van der Waals surface area contributed by atoms with Crippen molar-refractivity contribution in [2.45, 2.75) is 103 Å². The van der Waals surface area contributed by atoms with Crippen molar-refractivity contribution in [1.29, 1.82) is 0 Å². The molecule has 0 aromatic rings. The third kappa shape index (κ3) is 4.44. The molecule has 3 aliphatic rings. The minimum absolute atomic E-state index is 0.230. The Morgan fingerprint density at radius 1 is 1.00 bits per heavy atom. The second kappa shape index (κ2) is 7.79. The van der Waals surface area contributed by atoms with Crippen LogP contribution in [0.5, 0.6) is 0 Å². The Hall–Kier alpha value is -0.610. The summed E-state index contributed by atoms with van der Waals surface area (Å²) in [6.45, 7) is 11.5. The van der Waals surface area contributed by atoms with Gasteiger partial charge in [-0.25, -0.2) is 0 Å². The fraction of sp³-hybridized carbons (Fsp3) is 0.955. The van der Waals surface area contributed by atoms with Gasteiger partial charge in [-0.15, -0.1) is 0 Å². The molecule has 2 heterocycles. The average Bonchev–Trinajstić information content (AvgIpc) is 2.77. The second-order valence-corrected chi connectivity index (χ2v) is 10.3. The highest BCUT2D eigenvalue weighted by Crippen LogP contribution is 2.42. The van der Waals surface area contributed by atoms with Crippen molar-refractivity contribution in [3.63, 3.8) is 0 Å². The molecule has 26 heavy (non-hydrogen) atoms. The molecule has 150 valence electrons. The zero-order chi connectivity index (χ0) is 18.9. The monoisotopic (exact) mass is 364 g/mol. The minimum atomic E-state index is -0.531. The number of likely N-dealkylation sites (tertiary alicyclic amines) is 2. The predicted octanol–water partition coefficient (Wildman–Crippen LogP) is 3.82. The van der Waals surface area contributed by atoms with Crippen LogP contribution in [0, 0.1) is 11.3 Å². The Balaban J connectivity index is 1.66. The molecule has 0 radical (unpaired) electrons. The fourth-order valence-electron chi connectivity index (χ4n) is 5.79. The summed E-state index contributed by atoms with van der Waals surface area (Å²) < 4.78 is 0. The maximum absolute atomic E-state index is 12.2. The molecule has 1 aliphatic carbocycles. The number of β-amino-alcohol motifs (C(OH)–C–C–N with tert-alkyl or cyclic N) is 1. The van der Waals surface area contributed by atoms with E-state index in [1.54, 1.807) is 6.92 Å². The molecule has 2 atom stereocenters. The van der Waals surface area contributed by atoms with Crippen LogP contribution in [0.25, 0.3) is 0 Å². The quantitative estimate of drug-likeness (QED) is 0.810. The summed E-state index contributed by atoms with van der Waals surface area (Å²) in [5.74, 6) is 0.955. The number of amides is 1. The van der Waals surface area contributed by atoms with Crippen LogP contribution in [-0.2, 0) is 4.79 Å². The van der Waals surface area contributed by atoms with Crippen molar-refractivity contribution in [1.82, 2.24) is 9.80 Å². The van der Waals surface area contributed by atoms with E-state index in [9.17, 15) is 9.90 Å². The van der Waals surface area contributed by atoms with Gasteiger partial charge < -0.3 is 10.0 Å². The van der Waals surface area contributed by atoms with Crippen LogP contribution >= 0.6 is 0 Å². The normalized spacial score (nSPS) is 37.1. The molecule has 0 aromatic heterocycles. The smallest absolute Gasteiger partial charge is 0.219 e. The molecule has 0 bridgehead atoms. The number of hydrogen-bond donors (Lipinski definition) is 1. The van der Waals surface area contributed by atoms with Gasteiger partial charge in [-0.05, 0) is 69.2 Å². The van der Waals surface area contributed by atoms with Crippen LogP contribution in [0.2, 0.25) is 0 Å². The van der Waals surface area contributed by atoms with Crippen molar-refractivity contribution in [2.75, 3.05) is 19.6 Å². The van der Waals surface area contributed by atoms with Gasteiger partial charge in [0.15, 0.2) is 0 Å². The number of fused-ring (bicyclic) bond motifs is 1. The summed E-state index contributed by atoms with van der Waals surface area (Å²) in [4.78, 5) is 16.8. The van der Waals surface area contributed by atoms with Crippen molar-refractivity contribution >= 4 is 5.91 Å². The number of rotatable bonds is 2. The number of nitrogens with zero attached hydrogens (tertiary/aromatic N) is 2. The molecule has 4 nitrogen and oxygen atoms in total. The summed E-state index contributed by atoms with van der Waals surface area (Å²) in [6, 6.07) is 0.803. The molecular formula is C22H40N2O2. The first-order chi connectivity index (χ1) is 12.2. The summed E-state index contributed by atoms with van der Waals surface area (Å²) in [5, 5.41) is 11.3. The zero-order valence-corrected chi connectivity index (χ0v) is 17.5. The third-order valence-electron chi connectivity index (χ3n) is 7.45. The van der Waals surface area contributed by atoms with E-state index in [4.69, 9.17) is 0 Å².